The molecule has 0 saturated carbocycles. The average molecular weight is 340 g/mol. The van der Waals surface area contributed by atoms with E-state index in [1.807, 2.05) is 6.92 Å². The summed E-state index contributed by atoms with van der Waals surface area (Å²) in [5.41, 5.74) is 1.37. The van der Waals surface area contributed by atoms with Gasteiger partial charge in [-0.3, -0.25) is 9.69 Å². The number of β-amino-alcohol motifs (C(OH)–C–C–N with tert-alkyl or cyclic N) is 1. The maximum atomic E-state index is 12.5. The number of piperazine rings is 1. The Kier molecular flexibility index (Phi) is 6.41. The van der Waals surface area contributed by atoms with Gasteiger partial charge in [0.2, 0.25) is 0 Å². The molecule has 1 aliphatic rings. The lowest BCUT2D eigenvalue weighted by atomic mass is 10.1. The second-order valence-electron chi connectivity index (χ2n) is 6.36. The fraction of sp³-hybridized carbons (Fsp3) is 0.588. The van der Waals surface area contributed by atoms with Crippen LogP contribution in [0.5, 0.6) is 0 Å². The number of hydrogen-bond acceptors (Lipinski definition) is 4. The van der Waals surface area contributed by atoms with Crippen LogP contribution in [0.2, 0.25) is 5.02 Å². The van der Waals surface area contributed by atoms with Crippen molar-refractivity contribution in [3.63, 3.8) is 0 Å². The third-order valence-corrected chi connectivity index (χ3v) is 4.80. The maximum absolute atomic E-state index is 12.5. The Balaban J connectivity index is 1.89. The highest BCUT2D eigenvalue weighted by Crippen LogP contribution is 2.20. The molecular weight excluding hydrogens is 314 g/mol. The summed E-state index contributed by atoms with van der Waals surface area (Å²) in [6.45, 7) is 6.70. The number of carbonyl (C=O) groups excluding carboxylic acids is 1. The molecule has 0 bridgehead atoms. The Morgan fingerprint density at radius 3 is 2.65 bits per heavy atom. The molecule has 1 aromatic carbocycles. The van der Waals surface area contributed by atoms with Gasteiger partial charge in [0.25, 0.3) is 5.91 Å². The molecular formula is C17H26ClN3O2. The number of aliphatic hydroxyl groups excluding tert-OH is 1. The van der Waals surface area contributed by atoms with Gasteiger partial charge in [-0.2, -0.15) is 0 Å². The summed E-state index contributed by atoms with van der Waals surface area (Å²) in [6.07, 6.45) is -0.549. The Morgan fingerprint density at radius 1 is 1.35 bits per heavy atom. The first-order chi connectivity index (χ1) is 10.9. The van der Waals surface area contributed by atoms with Crippen LogP contribution >= 0.6 is 11.6 Å². The summed E-state index contributed by atoms with van der Waals surface area (Å²) in [5.74, 6) is -0.109. The molecule has 6 heteroatoms. The van der Waals surface area contributed by atoms with E-state index in [1.165, 1.54) is 0 Å². The van der Waals surface area contributed by atoms with E-state index in [2.05, 4.69) is 16.8 Å². The summed E-state index contributed by atoms with van der Waals surface area (Å²) in [4.78, 5) is 18.6. The van der Waals surface area contributed by atoms with Crippen LogP contribution in [0, 0.1) is 6.92 Å². The van der Waals surface area contributed by atoms with Crippen LogP contribution in [-0.2, 0) is 0 Å². The van der Waals surface area contributed by atoms with Crippen molar-refractivity contribution in [2.45, 2.75) is 13.0 Å². The van der Waals surface area contributed by atoms with Crippen LogP contribution in [0.25, 0.3) is 0 Å². The highest BCUT2D eigenvalue weighted by atomic mass is 35.5. The van der Waals surface area contributed by atoms with E-state index in [0.717, 1.165) is 31.7 Å². The minimum atomic E-state index is -0.549. The normalized spacial score (nSPS) is 18.0. The van der Waals surface area contributed by atoms with E-state index >= 15 is 0 Å². The number of halogens is 1. The highest BCUT2D eigenvalue weighted by molar-refractivity contribution is 6.31. The minimum absolute atomic E-state index is 0.109. The van der Waals surface area contributed by atoms with Crippen LogP contribution in [0.1, 0.15) is 15.9 Å². The van der Waals surface area contributed by atoms with Crippen LogP contribution in [0.4, 0.5) is 0 Å². The molecule has 5 nitrogen and oxygen atoms in total. The van der Waals surface area contributed by atoms with Gasteiger partial charge in [-0.1, -0.05) is 17.7 Å². The first-order valence-corrected chi connectivity index (χ1v) is 8.36. The van der Waals surface area contributed by atoms with Gasteiger partial charge in [-0.15, -0.1) is 0 Å². The summed E-state index contributed by atoms with van der Waals surface area (Å²) < 4.78 is 0. The predicted octanol–water partition coefficient (Wildman–Crippen LogP) is 1.33. The van der Waals surface area contributed by atoms with Crippen molar-refractivity contribution in [1.29, 1.82) is 0 Å². The Labute approximate surface area is 143 Å². The zero-order valence-corrected chi connectivity index (χ0v) is 14.9. The Bertz CT molecular complexity index is 545. The molecule has 0 radical (unpaired) electrons. The monoisotopic (exact) mass is 339 g/mol. The largest absolute Gasteiger partial charge is 0.390 e. The predicted molar refractivity (Wildman–Crippen MR) is 93.1 cm³/mol. The van der Waals surface area contributed by atoms with Gasteiger partial charge in [0.05, 0.1) is 6.10 Å². The summed E-state index contributed by atoms with van der Waals surface area (Å²) in [7, 11) is 3.82. The van der Waals surface area contributed by atoms with Crippen molar-refractivity contribution in [1.82, 2.24) is 14.7 Å². The van der Waals surface area contributed by atoms with Gasteiger partial charge in [-0.25, -0.2) is 0 Å². The third kappa shape index (κ3) is 4.91. The molecule has 0 spiro atoms. The topological polar surface area (TPSA) is 47.0 Å². The van der Waals surface area contributed by atoms with E-state index < -0.39 is 6.10 Å². The zero-order valence-electron chi connectivity index (χ0n) is 14.1. The number of aliphatic hydroxyl groups is 1. The zero-order chi connectivity index (χ0) is 17.0. The summed E-state index contributed by atoms with van der Waals surface area (Å²) in [5, 5.41) is 10.9. The third-order valence-electron chi connectivity index (χ3n) is 4.39. The van der Waals surface area contributed by atoms with Crippen LogP contribution in [-0.4, -0.2) is 85.2 Å². The van der Waals surface area contributed by atoms with Crippen LogP contribution in [0.3, 0.4) is 0 Å². The fourth-order valence-electron chi connectivity index (χ4n) is 2.83. The van der Waals surface area contributed by atoms with Gasteiger partial charge in [0.15, 0.2) is 0 Å². The maximum Gasteiger partial charge on any atom is 0.254 e. The second kappa shape index (κ2) is 8.11. The molecule has 1 fully saturated rings. The molecule has 2 rings (SSSR count). The SMILES string of the molecule is Cc1c(Cl)cccc1C(=O)N(C)CC(O)CN1CCN(C)CC1. The number of amides is 1. The van der Waals surface area contributed by atoms with Crippen molar-refractivity contribution in [2.75, 3.05) is 53.4 Å². The molecule has 1 amide bonds. The number of hydrogen-bond donors (Lipinski definition) is 1. The number of carbonyl (C=O) groups is 1. The number of likely N-dealkylation sites (N-methyl/N-ethyl adjacent to an activating group) is 2. The van der Waals surface area contributed by atoms with Crippen molar-refractivity contribution in [2.24, 2.45) is 0 Å². The van der Waals surface area contributed by atoms with E-state index in [9.17, 15) is 9.90 Å². The number of benzene rings is 1. The molecule has 1 saturated heterocycles. The van der Waals surface area contributed by atoms with Gasteiger partial charge in [0.1, 0.15) is 0 Å². The van der Waals surface area contributed by atoms with Crippen molar-refractivity contribution >= 4 is 17.5 Å². The Morgan fingerprint density at radius 2 is 2.00 bits per heavy atom. The molecule has 1 aliphatic heterocycles. The molecule has 0 aromatic heterocycles. The van der Waals surface area contributed by atoms with Gasteiger partial charge < -0.3 is 14.9 Å². The van der Waals surface area contributed by atoms with Crippen molar-refractivity contribution in [3.05, 3.63) is 34.3 Å². The quantitative estimate of drug-likeness (QED) is 0.879. The van der Waals surface area contributed by atoms with Crippen molar-refractivity contribution in [3.8, 4) is 0 Å². The lowest BCUT2D eigenvalue weighted by molar-refractivity contribution is 0.0501. The smallest absolute Gasteiger partial charge is 0.254 e. The first-order valence-electron chi connectivity index (χ1n) is 7.98. The molecule has 1 aromatic rings. The molecule has 1 unspecified atom stereocenters. The minimum Gasteiger partial charge on any atom is -0.390 e. The molecule has 1 N–H and O–H groups in total. The lowest BCUT2D eigenvalue weighted by Gasteiger charge is -2.34. The fourth-order valence-corrected chi connectivity index (χ4v) is 3.00. The first kappa shape index (κ1) is 18.2. The molecule has 1 heterocycles. The highest BCUT2D eigenvalue weighted by Gasteiger charge is 2.21. The number of nitrogens with zero attached hydrogens (tertiary/aromatic N) is 3. The van der Waals surface area contributed by atoms with E-state index in [4.69, 9.17) is 11.6 Å². The van der Waals surface area contributed by atoms with Gasteiger partial charge in [0, 0.05) is 56.9 Å². The molecule has 1 atom stereocenters. The second-order valence-corrected chi connectivity index (χ2v) is 6.76. The van der Waals surface area contributed by atoms with Gasteiger partial charge >= 0.3 is 0 Å². The standard InChI is InChI=1S/C17H26ClN3O2/c1-13-15(5-4-6-16(13)18)17(23)20(3)11-14(22)12-21-9-7-19(2)8-10-21/h4-6,14,22H,7-12H2,1-3H3. The van der Waals surface area contributed by atoms with Crippen molar-refractivity contribution < 1.29 is 9.90 Å². The van der Waals surface area contributed by atoms with E-state index in [-0.39, 0.29) is 5.91 Å². The van der Waals surface area contributed by atoms with Crippen LogP contribution in [0.15, 0.2) is 18.2 Å². The van der Waals surface area contributed by atoms with E-state index in [1.54, 1.807) is 30.1 Å². The summed E-state index contributed by atoms with van der Waals surface area (Å²) >= 11 is 6.08. The van der Waals surface area contributed by atoms with Gasteiger partial charge in [-0.05, 0) is 31.7 Å². The number of rotatable bonds is 5. The molecule has 0 aliphatic carbocycles. The lowest BCUT2D eigenvalue weighted by Crippen LogP contribution is -2.49. The average Bonchev–Trinajstić information content (AvgIpc) is 2.51. The molecule has 23 heavy (non-hydrogen) atoms. The van der Waals surface area contributed by atoms with E-state index in [0.29, 0.717) is 23.7 Å². The summed E-state index contributed by atoms with van der Waals surface area (Å²) in [6, 6.07) is 5.32. The van der Waals surface area contributed by atoms with Crippen LogP contribution < -0.4 is 0 Å². The molecule has 128 valence electrons. The Hall–Kier alpha value is -1.14.